The predicted molar refractivity (Wildman–Crippen MR) is 62.6 cm³/mol. The largest absolute Gasteiger partial charge is 0.313 e. The molecule has 0 saturated carbocycles. The first-order chi connectivity index (χ1) is 7.04. The van der Waals surface area contributed by atoms with Crippen LogP contribution >= 0.6 is 0 Å². The fourth-order valence-corrected chi connectivity index (χ4v) is 1.63. The lowest BCUT2D eigenvalue weighted by Crippen LogP contribution is -2.15. The van der Waals surface area contributed by atoms with Gasteiger partial charge in [0.25, 0.3) is 0 Å². The van der Waals surface area contributed by atoms with Crippen LogP contribution in [0.1, 0.15) is 22.3 Å². The average molecular weight is 202 g/mol. The molecule has 0 N–H and O–H groups in total. The molecule has 0 aliphatic carbocycles. The van der Waals surface area contributed by atoms with Crippen LogP contribution in [0.15, 0.2) is 12.1 Å². The van der Waals surface area contributed by atoms with E-state index in [0.29, 0.717) is 0 Å². The van der Waals surface area contributed by atoms with Gasteiger partial charge in [-0.05, 0) is 49.4 Å². The lowest BCUT2D eigenvalue weighted by molar-refractivity contribution is 0.478. The molecule has 0 aliphatic heterocycles. The molecule has 0 aromatic heterocycles. The van der Waals surface area contributed by atoms with E-state index in [2.05, 4.69) is 39.1 Å². The van der Waals surface area contributed by atoms with Crippen LogP contribution in [0.2, 0.25) is 0 Å². The van der Waals surface area contributed by atoms with Gasteiger partial charge in [-0.25, -0.2) is 0 Å². The van der Waals surface area contributed by atoms with Gasteiger partial charge in [0.15, 0.2) is 6.19 Å². The second-order valence-electron chi connectivity index (χ2n) is 4.13. The Balaban J connectivity index is 2.78. The first-order valence-corrected chi connectivity index (χ1v) is 5.22. The van der Waals surface area contributed by atoms with Crippen LogP contribution in [0.25, 0.3) is 0 Å². The third kappa shape index (κ3) is 2.99. The molecule has 1 aromatic rings. The maximum Gasteiger partial charge on any atom is 0.179 e. The van der Waals surface area contributed by atoms with Crippen LogP contribution < -0.4 is 0 Å². The average Bonchev–Trinajstić information content (AvgIpc) is 2.21. The van der Waals surface area contributed by atoms with Gasteiger partial charge in [-0.3, -0.25) is 0 Å². The molecule has 0 bridgehead atoms. The van der Waals surface area contributed by atoms with E-state index < -0.39 is 0 Å². The van der Waals surface area contributed by atoms with E-state index in [4.69, 9.17) is 5.26 Å². The standard InChI is InChI=1S/C13H18N2/c1-10-7-12(3)13(8-11(10)2)5-6-15(4)9-14/h7-8H,5-6H2,1-4H3. The van der Waals surface area contributed by atoms with E-state index in [-0.39, 0.29) is 0 Å². The van der Waals surface area contributed by atoms with Gasteiger partial charge in [-0.1, -0.05) is 12.1 Å². The molecule has 0 fully saturated rings. The summed E-state index contributed by atoms with van der Waals surface area (Å²) in [5, 5.41) is 8.66. The number of hydrogen-bond donors (Lipinski definition) is 0. The third-order valence-corrected chi connectivity index (χ3v) is 2.84. The van der Waals surface area contributed by atoms with Crippen molar-refractivity contribution < 1.29 is 0 Å². The van der Waals surface area contributed by atoms with E-state index >= 15 is 0 Å². The lowest BCUT2D eigenvalue weighted by atomic mass is 9.99. The van der Waals surface area contributed by atoms with Crippen molar-refractivity contribution in [2.45, 2.75) is 27.2 Å². The third-order valence-electron chi connectivity index (χ3n) is 2.84. The second-order valence-corrected chi connectivity index (χ2v) is 4.13. The van der Waals surface area contributed by atoms with Gasteiger partial charge in [-0.2, -0.15) is 5.26 Å². The molecular weight excluding hydrogens is 184 g/mol. The van der Waals surface area contributed by atoms with Crippen LogP contribution in [0.5, 0.6) is 0 Å². The zero-order valence-corrected chi connectivity index (χ0v) is 9.96. The fraction of sp³-hybridized carbons (Fsp3) is 0.462. The Hall–Kier alpha value is -1.49. The summed E-state index contributed by atoms with van der Waals surface area (Å²) >= 11 is 0. The van der Waals surface area contributed by atoms with Crippen LogP contribution in [0.4, 0.5) is 0 Å². The molecule has 2 heteroatoms. The molecule has 0 amide bonds. The topological polar surface area (TPSA) is 27.0 Å². The second kappa shape index (κ2) is 4.84. The van der Waals surface area contributed by atoms with Crippen LogP contribution in [-0.2, 0) is 6.42 Å². The summed E-state index contributed by atoms with van der Waals surface area (Å²) in [6.45, 7) is 7.19. The van der Waals surface area contributed by atoms with E-state index in [1.54, 1.807) is 4.90 Å². The monoisotopic (exact) mass is 202 g/mol. The Labute approximate surface area is 92.1 Å². The lowest BCUT2D eigenvalue weighted by Gasteiger charge is -2.12. The molecule has 0 aliphatic rings. The van der Waals surface area contributed by atoms with Crippen molar-refractivity contribution in [3.8, 4) is 6.19 Å². The summed E-state index contributed by atoms with van der Waals surface area (Å²) < 4.78 is 0. The highest BCUT2D eigenvalue weighted by Crippen LogP contribution is 2.15. The minimum atomic E-state index is 0.792. The molecule has 0 heterocycles. The van der Waals surface area contributed by atoms with Crippen molar-refractivity contribution in [2.75, 3.05) is 13.6 Å². The van der Waals surface area contributed by atoms with E-state index in [1.807, 2.05) is 7.05 Å². The maximum absolute atomic E-state index is 8.66. The normalized spacial score (nSPS) is 9.80. The van der Waals surface area contributed by atoms with Crippen molar-refractivity contribution in [1.82, 2.24) is 4.90 Å². The first kappa shape index (κ1) is 11.6. The number of nitriles is 1. The molecule has 2 nitrogen and oxygen atoms in total. The molecule has 0 atom stereocenters. The summed E-state index contributed by atoms with van der Waals surface area (Å²) in [6.07, 6.45) is 3.06. The molecule has 1 aromatic carbocycles. The van der Waals surface area contributed by atoms with Gasteiger partial charge in [0, 0.05) is 13.6 Å². The molecule has 15 heavy (non-hydrogen) atoms. The number of benzene rings is 1. The van der Waals surface area contributed by atoms with Crippen LogP contribution in [-0.4, -0.2) is 18.5 Å². The van der Waals surface area contributed by atoms with E-state index in [9.17, 15) is 0 Å². The van der Waals surface area contributed by atoms with Crippen molar-refractivity contribution in [1.29, 1.82) is 5.26 Å². The van der Waals surface area contributed by atoms with Gasteiger partial charge >= 0.3 is 0 Å². The van der Waals surface area contributed by atoms with Crippen LogP contribution in [0.3, 0.4) is 0 Å². The minimum absolute atomic E-state index is 0.792. The molecule has 0 radical (unpaired) electrons. The van der Waals surface area contributed by atoms with Gasteiger partial charge in [0.05, 0.1) is 0 Å². The zero-order valence-electron chi connectivity index (χ0n) is 9.96. The number of aryl methyl sites for hydroxylation is 3. The molecule has 1 rings (SSSR count). The van der Waals surface area contributed by atoms with Crippen molar-refractivity contribution >= 4 is 0 Å². The Morgan fingerprint density at radius 2 is 1.73 bits per heavy atom. The summed E-state index contributed by atoms with van der Waals surface area (Å²) in [6, 6.07) is 4.45. The molecule has 0 spiro atoms. The number of hydrogen-bond acceptors (Lipinski definition) is 2. The SMILES string of the molecule is Cc1cc(C)c(CCN(C)C#N)cc1C. The summed E-state index contributed by atoms with van der Waals surface area (Å²) in [5.74, 6) is 0. The van der Waals surface area contributed by atoms with Crippen molar-refractivity contribution in [3.63, 3.8) is 0 Å². The van der Waals surface area contributed by atoms with Crippen LogP contribution in [0, 0.1) is 32.2 Å². The van der Waals surface area contributed by atoms with E-state index in [0.717, 1.165) is 13.0 Å². The predicted octanol–water partition coefficient (Wildman–Crippen LogP) is 2.57. The summed E-state index contributed by atoms with van der Waals surface area (Å²) in [5.41, 5.74) is 5.34. The molecular formula is C13H18N2. The Morgan fingerprint density at radius 1 is 1.13 bits per heavy atom. The van der Waals surface area contributed by atoms with Gasteiger partial charge in [-0.15, -0.1) is 0 Å². The Bertz CT molecular complexity index is 388. The quantitative estimate of drug-likeness (QED) is 0.556. The molecule has 0 saturated heterocycles. The van der Waals surface area contributed by atoms with E-state index in [1.165, 1.54) is 22.3 Å². The number of rotatable bonds is 3. The fourth-order valence-electron chi connectivity index (χ4n) is 1.63. The van der Waals surface area contributed by atoms with Crippen molar-refractivity contribution in [2.24, 2.45) is 0 Å². The van der Waals surface area contributed by atoms with Gasteiger partial charge < -0.3 is 4.90 Å². The highest BCUT2D eigenvalue weighted by molar-refractivity contribution is 5.36. The highest BCUT2D eigenvalue weighted by Gasteiger charge is 2.03. The summed E-state index contributed by atoms with van der Waals surface area (Å²) in [7, 11) is 1.82. The Morgan fingerprint density at radius 3 is 2.33 bits per heavy atom. The molecule has 80 valence electrons. The first-order valence-electron chi connectivity index (χ1n) is 5.22. The molecule has 0 unspecified atom stereocenters. The number of likely N-dealkylation sites (N-methyl/N-ethyl adjacent to an activating group) is 1. The summed E-state index contributed by atoms with van der Waals surface area (Å²) in [4.78, 5) is 1.66. The van der Waals surface area contributed by atoms with Crippen molar-refractivity contribution in [3.05, 3.63) is 34.4 Å². The smallest absolute Gasteiger partial charge is 0.179 e. The highest BCUT2D eigenvalue weighted by atomic mass is 15.1. The zero-order chi connectivity index (χ0) is 11.4. The minimum Gasteiger partial charge on any atom is -0.313 e. The maximum atomic E-state index is 8.66. The van der Waals surface area contributed by atoms with Gasteiger partial charge in [0.1, 0.15) is 0 Å². The number of nitrogens with zero attached hydrogens (tertiary/aromatic N) is 2. The van der Waals surface area contributed by atoms with Gasteiger partial charge in [0.2, 0.25) is 0 Å². The Kier molecular flexibility index (Phi) is 3.74.